The summed E-state index contributed by atoms with van der Waals surface area (Å²) in [4.78, 5) is 2.04. The summed E-state index contributed by atoms with van der Waals surface area (Å²) < 4.78 is 19.2. The summed E-state index contributed by atoms with van der Waals surface area (Å²) in [6, 6.07) is 5.29. The summed E-state index contributed by atoms with van der Waals surface area (Å²) in [5.41, 5.74) is 1.44. The van der Waals surface area contributed by atoms with Gasteiger partial charge in [0, 0.05) is 25.6 Å². The summed E-state index contributed by atoms with van der Waals surface area (Å²) in [6.07, 6.45) is 0.944. The van der Waals surface area contributed by atoms with Gasteiger partial charge in [0.25, 0.3) is 0 Å². The van der Waals surface area contributed by atoms with E-state index in [0.29, 0.717) is 24.7 Å². The molecular weight excluding hydrogens is 253 g/mol. The van der Waals surface area contributed by atoms with Crippen molar-refractivity contribution in [2.75, 3.05) is 25.2 Å². The van der Waals surface area contributed by atoms with Crippen molar-refractivity contribution in [1.29, 1.82) is 0 Å². The Hall–Kier alpha value is -0.800. The van der Waals surface area contributed by atoms with Gasteiger partial charge in [-0.15, -0.1) is 11.6 Å². The van der Waals surface area contributed by atoms with Crippen molar-refractivity contribution in [1.82, 2.24) is 0 Å². The molecule has 0 saturated carbocycles. The topological polar surface area (TPSA) is 12.5 Å². The highest BCUT2D eigenvalue weighted by Gasteiger charge is 2.19. The highest BCUT2D eigenvalue weighted by atomic mass is 35.5. The summed E-state index contributed by atoms with van der Waals surface area (Å²) in [7, 11) is 1.65. The molecular formula is C14H21ClFNO. The van der Waals surface area contributed by atoms with Crippen molar-refractivity contribution in [2.45, 2.75) is 32.2 Å². The van der Waals surface area contributed by atoms with Crippen LogP contribution in [0.5, 0.6) is 0 Å². The molecule has 0 bridgehead atoms. The van der Waals surface area contributed by atoms with E-state index in [0.717, 1.165) is 12.0 Å². The Balaban J connectivity index is 3.10. The third-order valence-corrected chi connectivity index (χ3v) is 3.45. The van der Waals surface area contributed by atoms with Crippen molar-refractivity contribution < 1.29 is 9.13 Å². The van der Waals surface area contributed by atoms with E-state index in [9.17, 15) is 4.39 Å². The van der Waals surface area contributed by atoms with E-state index in [4.69, 9.17) is 16.3 Å². The molecule has 1 aromatic rings. The van der Waals surface area contributed by atoms with Crippen molar-refractivity contribution in [2.24, 2.45) is 0 Å². The number of rotatable bonds is 7. The number of hydrogen-bond donors (Lipinski definition) is 0. The quantitative estimate of drug-likeness (QED) is 0.701. The molecule has 0 radical (unpaired) electrons. The van der Waals surface area contributed by atoms with E-state index >= 15 is 0 Å². The van der Waals surface area contributed by atoms with Gasteiger partial charge in [0.1, 0.15) is 5.82 Å². The molecule has 0 spiro atoms. The Morgan fingerprint density at radius 1 is 1.44 bits per heavy atom. The van der Waals surface area contributed by atoms with Crippen LogP contribution in [-0.2, 0) is 10.6 Å². The Kier molecular flexibility index (Phi) is 6.44. The first-order valence-corrected chi connectivity index (χ1v) is 6.78. The van der Waals surface area contributed by atoms with Crippen LogP contribution in [0.15, 0.2) is 18.2 Å². The van der Waals surface area contributed by atoms with Gasteiger partial charge in [0.05, 0.1) is 12.3 Å². The minimum Gasteiger partial charge on any atom is -0.383 e. The first-order chi connectivity index (χ1) is 8.65. The van der Waals surface area contributed by atoms with E-state index < -0.39 is 0 Å². The lowest BCUT2D eigenvalue weighted by molar-refractivity contribution is 0.203. The van der Waals surface area contributed by atoms with Crippen molar-refractivity contribution in [3.8, 4) is 0 Å². The fourth-order valence-electron chi connectivity index (χ4n) is 1.95. The molecule has 0 N–H and O–H groups in total. The van der Waals surface area contributed by atoms with Crippen LogP contribution in [0, 0.1) is 5.82 Å². The summed E-state index contributed by atoms with van der Waals surface area (Å²) in [5, 5.41) is 0. The number of hydrogen-bond acceptors (Lipinski definition) is 2. The number of benzene rings is 1. The molecule has 18 heavy (non-hydrogen) atoms. The smallest absolute Gasteiger partial charge is 0.146 e. The van der Waals surface area contributed by atoms with Crippen molar-refractivity contribution in [3.63, 3.8) is 0 Å². The third kappa shape index (κ3) is 3.59. The maximum absolute atomic E-state index is 14.1. The Morgan fingerprint density at radius 3 is 2.72 bits per heavy atom. The molecule has 0 aliphatic heterocycles. The van der Waals surface area contributed by atoms with E-state index in [-0.39, 0.29) is 11.9 Å². The lowest BCUT2D eigenvalue weighted by Crippen LogP contribution is -2.36. The largest absolute Gasteiger partial charge is 0.383 e. The molecule has 102 valence electrons. The number of para-hydroxylation sites is 1. The van der Waals surface area contributed by atoms with Crippen LogP contribution in [0.4, 0.5) is 10.1 Å². The van der Waals surface area contributed by atoms with Gasteiger partial charge in [-0.2, -0.15) is 0 Å². The van der Waals surface area contributed by atoms with Crippen molar-refractivity contribution >= 4 is 17.3 Å². The average Bonchev–Trinajstić information content (AvgIpc) is 2.39. The Morgan fingerprint density at radius 2 is 2.17 bits per heavy atom. The number of nitrogens with zero attached hydrogens (tertiary/aromatic N) is 1. The van der Waals surface area contributed by atoms with Crippen LogP contribution >= 0.6 is 11.6 Å². The maximum Gasteiger partial charge on any atom is 0.146 e. The van der Waals surface area contributed by atoms with Crippen LogP contribution in [0.3, 0.4) is 0 Å². The summed E-state index contributed by atoms with van der Waals surface area (Å²) >= 11 is 5.91. The van der Waals surface area contributed by atoms with Crippen molar-refractivity contribution in [3.05, 3.63) is 29.6 Å². The minimum atomic E-state index is -0.218. The van der Waals surface area contributed by atoms with Gasteiger partial charge in [-0.3, -0.25) is 0 Å². The molecule has 1 aromatic carbocycles. The van der Waals surface area contributed by atoms with Gasteiger partial charge < -0.3 is 9.64 Å². The minimum absolute atomic E-state index is 0.218. The molecule has 1 rings (SSSR count). The maximum atomic E-state index is 14.1. The molecule has 2 nitrogen and oxygen atoms in total. The molecule has 0 amide bonds. The Labute approximate surface area is 114 Å². The van der Waals surface area contributed by atoms with Crippen LogP contribution < -0.4 is 4.90 Å². The van der Waals surface area contributed by atoms with Gasteiger partial charge in [-0.1, -0.05) is 19.1 Å². The molecule has 0 fully saturated rings. The molecule has 0 aliphatic carbocycles. The highest BCUT2D eigenvalue weighted by Crippen LogP contribution is 2.28. The second-order valence-corrected chi connectivity index (χ2v) is 4.59. The second-order valence-electron chi connectivity index (χ2n) is 4.32. The van der Waals surface area contributed by atoms with E-state index in [2.05, 4.69) is 13.8 Å². The average molecular weight is 274 g/mol. The number of ether oxygens (including phenoxy) is 1. The van der Waals surface area contributed by atoms with Gasteiger partial charge in [0.2, 0.25) is 0 Å². The van der Waals surface area contributed by atoms with Crippen LogP contribution in [0.1, 0.15) is 25.8 Å². The molecule has 4 heteroatoms. The van der Waals surface area contributed by atoms with Crippen LogP contribution in [-0.4, -0.2) is 26.3 Å². The van der Waals surface area contributed by atoms with E-state index in [1.807, 2.05) is 11.0 Å². The number of halogens is 2. The fourth-order valence-corrected chi connectivity index (χ4v) is 2.17. The monoisotopic (exact) mass is 273 g/mol. The third-order valence-electron chi connectivity index (χ3n) is 3.16. The number of methoxy groups -OCH3 is 1. The molecule has 0 heterocycles. The van der Waals surface area contributed by atoms with Gasteiger partial charge in [-0.25, -0.2) is 4.39 Å². The predicted octanol–water partition coefficient (Wildman–Crippen LogP) is 3.82. The standard InChI is InChI=1S/C14H21ClFNO/c1-4-11(2)17(8-9-18-3)14-12(10-15)6-5-7-13(14)16/h5-7,11H,4,8-10H2,1-3H3. The zero-order valence-electron chi connectivity index (χ0n) is 11.2. The number of alkyl halides is 1. The molecule has 1 atom stereocenters. The summed E-state index contributed by atoms with van der Waals surface area (Å²) in [6.45, 7) is 5.41. The highest BCUT2D eigenvalue weighted by molar-refractivity contribution is 6.17. The van der Waals surface area contributed by atoms with Crippen LogP contribution in [0.25, 0.3) is 0 Å². The summed E-state index contributed by atoms with van der Waals surface area (Å²) in [5.74, 6) is 0.0945. The lowest BCUT2D eigenvalue weighted by atomic mass is 10.1. The molecule has 0 aromatic heterocycles. The predicted molar refractivity (Wildman–Crippen MR) is 74.9 cm³/mol. The van der Waals surface area contributed by atoms with Gasteiger partial charge in [0.15, 0.2) is 0 Å². The Bertz CT molecular complexity index is 373. The first kappa shape index (κ1) is 15.3. The van der Waals surface area contributed by atoms with E-state index in [1.54, 1.807) is 13.2 Å². The van der Waals surface area contributed by atoms with Crippen LogP contribution in [0.2, 0.25) is 0 Å². The first-order valence-electron chi connectivity index (χ1n) is 6.24. The molecule has 1 unspecified atom stereocenters. The van der Waals surface area contributed by atoms with Gasteiger partial charge in [-0.05, 0) is 25.0 Å². The second kappa shape index (κ2) is 7.59. The SMILES string of the molecule is CCC(C)N(CCOC)c1c(F)cccc1CCl. The number of anilines is 1. The molecule has 0 saturated heterocycles. The lowest BCUT2D eigenvalue weighted by Gasteiger charge is -2.32. The fraction of sp³-hybridized carbons (Fsp3) is 0.571. The zero-order chi connectivity index (χ0) is 13.5. The zero-order valence-corrected chi connectivity index (χ0v) is 12.0. The van der Waals surface area contributed by atoms with Gasteiger partial charge >= 0.3 is 0 Å². The molecule has 0 aliphatic rings. The normalized spacial score (nSPS) is 12.5. The van der Waals surface area contributed by atoms with E-state index in [1.165, 1.54) is 6.07 Å².